The molecule has 0 radical (unpaired) electrons. The highest BCUT2D eigenvalue weighted by atomic mass is 79.9. The van der Waals surface area contributed by atoms with Gasteiger partial charge in [-0.2, -0.15) is 0 Å². The normalized spacial score (nSPS) is 10.7. The van der Waals surface area contributed by atoms with Crippen LogP contribution in [0.2, 0.25) is 0 Å². The Balaban J connectivity index is 2.39. The first-order valence-corrected chi connectivity index (χ1v) is 6.63. The molecule has 0 heterocycles. The van der Waals surface area contributed by atoms with Crippen molar-refractivity contribution in [3.8, 4) is 0 Å². The monoisotopic (exact) mass is 348 g/mol. The molecule has 0 aliphatic heterocycles. The van der Waals surface area contributed by atoms with Crippen LogP contribution in [-0.4, -0.2) is 9.85 Å². The molecular weight excluding hydrogens is 340 g/mol. The largest absolute Gasteiger partial charge is 0.283 e. The highest BCUT2D eigenvalue weighted by Gasteiger charge is 2.17. The van der Waals surface area contributed by atoms with Crippen LogP contribution in [0.1, 0.15) is 11.1 Å². The molecule has 0 atom stereocenters. The maximum Gasteiger partial charge on any atom is 0.283 e. The molecule has 0 aromatic heterocycles. The summed E-state index contributed by atoms with van der Waals surface area (Å²) in [5.74, 6) is 0. The quantitative estimate of drug-likeness (QED) is 0.464. The van der Waals surface area contributed by atoms with Gasteiger partial charge in [0, 0.05) is 10.5 Å². The zero-order valence-corrected chi connectivity index (χ0v) is 12.2. The lowest BCUT2D eigenvalue weighted by Gasteiger charge is -1.99. The summed E-state index contributed by atoms with van der Waals surface area (Å²) >= 11 is 3.33. The molecule has 2 aromatic rings. The summed E-state index contributed by atoms with van der Waals surface area (Å²) in [6, 6.07) is 11.0. The van der Waals surface area contributed by atoms with Crippen molar-refractivity contribution in [3.05, 3.63) is 78.3 Å². The van der Waals surface area contributed by atoms with Crippen molar-refractivity contribution in [1.82, 2.24) is 0 Å². The van der Waals surface area contributed by atoms with E-state index in [9.17, 15) is 20.2 Å². The molecule has 0 saturated heterocycles. The van der Waals surface area contributed by atoms with Gasteiger partial charge in [0.2, 0.25) is 0 Å². The van der Waals surface area contributed by atoms with Gasteiger partial charge in [0.25, 0.3) is 11.4 Å². The van der Waals surface area contributed by atoms with Crippen molar-refractivity contribution in [2.75, 3.05) is 0 Å². The highest BCUT2D eigenvalue weighted by Crippen LogP contribution is 2.26. The molecular formula is C14H9BrN2O4. The molecule has 0 unspecified atom stereocenters. The van der Waals surface area contributed by atoms with E-state index in [2.05, 4.69) is 15.9 Å². The number of nitro groups is 2. The molecule has 0 amide bonds. The van der Waals surface area contributed by atoms with E-state index in [4.69, 9.17) is 0 Å². The molecule has 0 N–H and O–H groups in total. The zero-order chi connectivity index (χ0) is 15.4. The van der Waals surface area contributed by atoms with Crippen molar-refractivity contribution in [2.45, 2.75) is 0 Å². The molecule has 106 valence electrons. The second-order valence-electron chi connectivity index (χ2n) is 4.15. The van der Waals surface area contributed by atoms with Gasteiger partial charge in [0.05, 0.1) is 21.5 Å². The maximum absolute atomic E-state index is 11.0. The lowest BCUT2D eigenvalue weighted by atomic mass is 10.1. The number of nitro benzene ring substituents is 2. The fourth-order valence-corrected chi connectivity index (χ4v) is 2.16. The summed E-state index contributed by atoms with van der Waals surface area (Å²) in [4.78, 5) is 20.4. The first-order chi connectivity index (χ1) is 9.97. The van der Waals surface area contributed by atoms with E-state index in [1.807, 2.05) is 24.3 Å². The lowest BCUT2D eigenvalue weighted by Crippen LogP contribution is -1.94. The van der Waals surface area contributed by atoms with Crippen molar-refractivity contribution >= 4 is 39.5 Å². The zero-order valence-electron chi connectivity index (χ0n) is 10.6. The average Bonchev–Trinajstić information content (AvgIpc) is 2.44. The van der Waals surface area contributed by atoms with Crippen LogP contribution in [-0.2, 0) is 0 Å². The molecule has 0 aliphatic rings. The Bertz CT molecular complexity index is 744. The van der Waals surface area contributed by atoms with E-state index < -0.39 is 9.85 Å². The second kappa shape index (κ2) is 6.27. The van der Waals surface area contributed by atoms with E-state index in [1.165, 1.54) is 12.1 Å². The number of benzene rings is 2. The van der Waals surface area contributed by atoms with Gasteiger partial charge < -0.3 is 0 Å². The first kappa shape index (κ1) is 14.9. The third kappa shape index (κ3) is 3.73. The Hall–Kier alpha value is -2.54. The predicted octanol–water partition coefficient (Wildman–Crippen LogP) is 4.44. The Morgan fingerprint density at radius 2 is 1.71 bits per heavy atom. The molecule has 0 spiro atoms. The molecule has 21 heavy (non-hydrogen) atoms. The average molecular weight is 349 g/mol. The summed E-state index contributed by atoms with van der Waals surface area (Å²) in [6.07, 6.45) is 3.27. The molecule has 0 aliphatic carbocycles. The Labute approximate surface area is 128 Å². The van der Waals surface area contributed by atoms with Crippen LogP contribution in [0, 0.1) is 20.2 Å². The van der Waals surface area contributed by atoms with Gasteiger partial charge in [-0.3, -0.25) is 20.2 Å². The third-order valence-corrected chi connectivity index (χ3v) is 3.22. The topological polar surface area (TPSA) is 86.3 Å². The maximum atomic E-state index is 11.0. The molecule has 7 heteroatoms. The first-order valence-electron chi connectivity index (χ1n) is 5.84. The highest BCUT2D eigenvalue weighted by molar-refractivity contribution is 9.10. The van der Waals surface area contributed by atoms with Crippen molar-refractivity contribution in [1.29, 1.82) is 0 Å². The predicted molar refractivity (Wildman–Crippen MR) is 82.8 cm³/mol. The van der Waals surface area contributed by atoms with E-state index in [0.29, 0.717) is 5.56 Å². The van der Waals surface area contributed by atoms with Crippen molar-refractivity contribution < 1.29 is 9.85 Å². The van der Waals surface area contributed by atoms with Gasteiger partial charge in [-0.25, -0.2) is 0 Å². The molecule has 6 nitrogen and oxygen atoms in total. The second-order valence-corrected chi connectivity index (χ2v) is 5.06. The van der Waals surface area contributed by atoms with Crippen LogP contribution in [0.25, 0.3) is 12.2 Å². The van der Waals surface area contributed by atoms with E-state index in [0.717, 1.165) is 16.1 Å². The summed E-state index contributed by atoms with van der Waals surface area (Å²) in [6.45, 7) is 0. The SMILES string of the molecule is O=[N+]([O-])c1ccc(/C=C/c2cccc(Br)c2)c([N+](=O)[O-])c1. The number of hydrogen-bond donors (Lipinski definition) is 0. The van der Waals surface area contributed by atoms with Crippen LogP contribution in [0.5, 0.6) is 0 Å². The molecule has 2 aromatic carbocycles. The lowest BCUT2D eigenvalue weighted by molar-refractivity contribution is -0.394. The van der Waals surface area contributed by atoms with Gasteiger partial charge in [-0.15, -0.1) is 0 Å². The Kier molecular flexibility index (Phi) is 4.44. The summed E-state index contributed by atoms with van der Waals surface area (Å²) in [5.41, 5.74) is 0.569. The Morgan fingerprint density at radius 3 is 2.33 bits per heavy atom. The van der Waals surface area contributed by atoms with Gasteiger partial charge >= 0.3 is 0 Å². The number of non-ortho nitro benzene ring substituents is 1. The molecule has 0 bridgehead atoms. The fourth-order valence-electron chi connectivity index (χ4n) is 1.74. The molecule has 2 rings (SSSR count). The van der Waals surface area contributed by atoms with Crippen LogP contribution in [0.3, 0.4) is 0 Å². The molecule has 0 saturated carbocycles. The van der Waals surface area contributed by atoms with Gasteiger partial charge in [0.1, 0.15) is 0 Å². The van der Waals surface area contributed by atoms with Crippen molar-refractivity contribution in [3.63, 3.8) is 0 Å². The number of halogens is 1. The standard InChI is InChI=1S/C14H9BrN2O4/c15-12-3-1-2-10(8-12)4-5-11-6-7-13(16(18)19)9-14(11)17(20)21/h1-9H/b5-4+. The van der Waals surface area contributed by atoms with E-state index in [-0.39, 0.29) is 11.4 Å². The minimum atomic E-state index is -0.658. The number of hydrogen-bond acceptors (Lipinski definition) is 4. The number of rotatable bonds is 4. The van der Waals surface area contributed by atoms with Gasteiger partial charge in [-0.1, -0.05) is 34.1 Å². The van der Waals surface area contributed by atoms with Crippen LogP contribution in [0.15, 0.2) is 46.9 Å². The van der Waals surface area contributed by atoms with Gasteiger partial charge in [-0.05, 0) is 29.8 Å². The van der Waals surface area contributed by atoms with Crippen molar-refractivity contribution in [2.24, 2.45) is 0 Å². The summed E-state index contributed by atoms with van der Waals surface area (Å²) in [5, 5.41) is 21.7. The Morgan fingerprint density at radius 1 is 0.952 bits per heavy atom. The molecule has 0 fully saturated rings. The van der Waals surface area contributed by atoms with Crippen LogP contribution >= 0.6 is 15.9 Å². The number of nitrogens with zero attached hydrogens (tertiary/aromatic N) is 2. The summed E-state index contributed by atoms with van der Waals surface area (Å²) < 4.78 is 0.892. The fraction of sp³-hybridized carbons (Fsp3) is 0. The smallest absolute Gasteiger partial charge is 0.258 e. The minimum Gasteiger partial charge on any atom is -0.258 e. The minimum absolute atomic E-state index is 0.296. The van der Waals surface area contributed by atoms with E-state index in [1.54, 1.807) is 12.2 Å². The van der Waals surface area contributed by atoms with Crippen LogP contribution < -0.4 is 0 Å². The summed E-state index contributed by atoms with van der Waals surface area (Å²) in [7, 11) is 0. The van der Waals surface area contributed by atoms with Crippen LogP contribution in [0.4, 0.5) is 11.4 Å². The third-order valence-electron chi connectivity index (χ3n) is 2.73. The van der Waals surface area contributed by atoms with E-state index >= 15 is 0 Å². The van der Waals surface area contributed by atoms with Gasteiger partial charge in [0.15, 0.2) is 0 Å².